The number of fused-ring (bicyclic) bond motifs is 1. The number of urea groups is 1. The zero-order chi connectivity index (χ0) is 37.2. The van der Waals surface area contributed by atoms with Crippen LogP contribution in [0.1, 0.15) is 107 Å². The highest BCUT2D eigenvalue weighted by atomic mass is 16.2. The molecule has 50 heavy (non-hydrogen) atoms. The van der Waals surface area contributed by atoms with Crippen molar-refractivity contribution < 1.29 is 28.8 Å². The van der Waals surface area contributed by atoms with Crippen LogP contribution in [0.4, 0.5) is 4.79 Å². The third kappa shape index (κ3) is 9.07. The summed E-state index contributed by atoms with van der Waals surface area (Å²) in [6, 6.07) is -3.69. The number of hydrogen-bond acceptors (Lipinski definition) is 6. The molecule has 0 spiro atoms. The molecule has 12 heteroatoms. The molecule has 4 N–H and O–H groups in total. The highest BCUT2D eigenvalue weighted by molar-refractivity contribution is 6.38. The average molecular weight is 699 g/mol. The third-order valence-corrected chi connectivity index (χ3v) is 11.7. The molecule has 280 valence electrons. The molecule has 0 aromatic carbocycles. The number of Topliss-reactive ketones (excluding diaryl/α,β-unsaturated/α-hetero) is 1. The lowest BCUT2D eigenvalue weighted by Crippen LogP contribution is -2.63. The lowest BCUT2D eigenvalue weighted by atomic mass is 9.81. The molecule has 2 aliphatic heterocycles. The van der Waals surface area contributed by atoms with Crippen molar-refractivity contribution in [2.24, 2.45) is 34.0 Å². The molecule has 4 fully saturated rings. The Hall–Kier alpha value is -3.44. The van der Waals surface area contributed by atoms with Gasteiger partial charge in [0.1, 0.15) is 12.1 Å². The second kappa shape index (κ2) is 15.4. The highest BCUT2D eigenvalue weighted by Crippen LogP contribution is 2.65. The monoisotopic (exact) mass is 698 g/mol. The number of carbonyl (C=O) groups is 6. The minimum Gasteiger partial charge on any atom is -0.346 e. The Morgan fingerprint density at radius 3 is 2.20 bits per heavy atom. The van der Waals surface area contributed by atoms with Crippen LogP contribution in [0.25, 0.3) is 0 Å². The Balaban J connectivity index is 1.51. The zero-order valence-corrected chi connectivity index (χ0v) is 31.7. The summed E-state index contributed by atoms with van der Waals surface area (Å²) in [4.78, 5) is 84.3. The van der Waals surface area contributed by atoms with E-state index < -0.39 is 47.2 Å². The SMILES string of the molecule is C=CCNC(=O)C(=O)C(CCC1CCC1)NC(=O)[C@@H]1C2C(CN1C(=O)[C@@H](NC(=O)N[C@H](CN1CCCCC1=O)C(C)(C)C)C(C)(C)C)C2(C)C. The van der Waals surface area contributed by atoms with Crippen LogP contribution in [0, 0.1) is 34.0 Å². The third-order valence-electron chi connectivity index (χ3n) is 11.7. The molecular formula is C38H62N6O6. The summed E-state index contributed by atoms with van der Waals surface area (Å²) in [5, 5.41) is 11.4. The first-order chi connectivity index (χ1) is 23.3. The van der Waals surface area contributed by atoms with E-state index in [0.717, 1.165) is 38.5 Å². The van der Waals surface area contributed by atoms with E-state index >= 15 is 0 Å². The molecule has 0 aromatic heterocycles. The number of piperidine rings is 2. The number of likely N-dealkylation sites (tertiary alicyclic amines) is 2. The fourth-order valence-corrected chi connectivity index (χ4v) is 7.89. The van der Waals surface area contributed by atoms with Crippen LogP contribution in [0.5, 0.6) is 0 Å². The predicted molar refractivity (Wildman–Crippen MR) is 192 cm³/mol. The van der Waals surface area contributed by atoms with E-state index in [9.17, 15) is 28.8 Å². The largest absolute Gasteiger partial charge is 0.346 e. The van der Waals surface area contributed by atoms with Gasteiger partial charge >= 0.3 is 6.03 Å². The van der Waals surface area contributed by atoms with Crippen LogP contribution in [0.2, 0.25) is 0 Å². The summed E-state index contributed by atoms with van der Waals surface area (Å²) in [5.41, 5.74) is -1.25. The maximum atomic E-state index is 14.5. The van der Waals surface area contributed by atoms with Crippen LogP contribution in [0.15, 0.2) is 12.7 Å². The molecule has 4 rings (SSSR count). The molecule has 3 unspecified atom stereocenters. The minimum atomic E-state index is -1.01. The van der Waals surface area contributed by atoms with Crippen LogP contribution in [0.3, 0.4) is 0 Å². The van der Waals surface area contributed by atoms with Crippen molar-refractivity contribution in [3.05, 3.63) is 12.7 Å². The van der Waals surface area contributed by atoms with Gasteiger partial charge in [0.15, 0.2) is 0 Å². The summed E-state index contributed by atoms with van der Waals surface area (Å²) in [6.45, 7) is 20.9. The topological polar surface area (TPSA) is 157 Å². The van der Waals surface area contributed by atoms with Gasteiger partial charge in [0.25, 0.3) is 5.91 Å². The van der Waals surface area contributed by atoms with E-state index in [4.69, 9.17) is 0 Å². The standard InChI is InChI=1S/C38H62N6O6/c1-10-19-39-33(48)30(46)25(18-17-23-14-13-15-23)40-32(47)29-28-24(38(28,8)9)21-44(29)34(49)31(37(5,6)7)42-35(50)41-26(36(2,3)4)22-43-20-12-11-16-27(43)45/h10,23-26,28-29,31H,1,11-22H2,2-9H3,(H,39,48)(H,40,47)(H2,41,42,50)/t24?,25?,26-,28?,29+,31-/m1/s1. The van der Waals surface area contributed by atoms with Gasteiger partial charge in [-0.1, -0.05) is 80.7 Å². The number of rotatable bonds is 14. The van der Waals surface area contributed by atoms with Gasteiger partial charge in [-0.3, -0.25) is 24.0 Å². The van der Waals surface area contributed by atoms with E-state index in [1.807, 2.05) is 41.5 Å². The summed E-state index contributed by atoms with van der Waals surface area (Å²) >= 11 is 0. The smallest absolute Gasteiger partial charge is 0.315 e. The van der Waals surface area contributed by atoms with Crippen LogP contribution >= 0.6 is 0 Å². The molecule has 6 amide bonds. The van der Waals surface area contributed by atoms with E-state index in [-0.39, 0.29) is 47.1 Å². The number of nitrogens with one attached hydrogen (secondary N) is 4. The molecule has 0 aromatic rings. The second-order valence-electron chi connectivity index (χ2n) is 17.8. The number of nitrogens with zero attached hydrogens (tertiary/aromatic N) is 2. The Kier molecular flexibility index (Phi) is 12.1. The van der Waals surface area contributed by atoms with Crippen LogP contribution in [-0.4, -0.2) is 95.6 Å². The lowest BCUT2D eigenvalue weighted by molar-refractivity contribution is -0.145. The van der Waals surface area contributed by atoms with Crippen molar-refractivity contribution in [2.45, 2.75) is 131 Å². The van der Waals surface area contributed by atoms with Crippen LogP contribution < -0.4 is 21.3 Å². The maximum absolute atomic E-state index is 14.5. The van der Waals surface area contributed by atoms with Gasteiger partial charge in [0.2, 0.25) is 23.5 Å². The van der Waals surface area contributed by atoms with E-state index in [1.54, 1.807) is 9.80 Å². The number of carbonyl (C=O) groups excluding carboxylic acids is 6. The van der Waals surface area contributed by atoms with Crippen molar-refractivity contribution in [3.8, 4) is 0 Å². The molecule has 4 aliphatic rings. The molecular weight excluding hydrogens is 636 g/mol. The second-order valence-corrected chi connectivity index (χ2v) is 17.8. The van der Waals surface area contributed by atoms with Gasteiger partial charge in [0, 0.05) is 32.6 Å². The van der Waals surface area contributed by atoms with Gasteiger partial charge < -0.3 is 31.1 Å². The van der Waals surface area contributed by atoms with E-state index in [2.05, 4.69) is 41.7 Å². The summed E-state index contributed by atoms with van der Waals surface area (Å²) in [5.74, 6) is -1.76. The molecule has 12 nitrogen and oxygen atoms in total. The molecule has 2 heterocycles. The molecule has 0 bridgehead atoms. The molecule has 2 saturated heterocycles. The van der Waals surface area contributed by atoms with Gasteiger partial charge in [-0.25, -0.2) is 4.79 Å². The molecule has 2 saturated carbocycles. The quantitative estimate of drug-likeness (QED) is 0.161. The zero-order valence-electron chi connectivity index (χ0n) is 31.7. The van der Waals surface area contributed by atoms with Gasteiger partial charge in [-0.2, -0.15) is 0 Å². The normalized spacial score (nSPS) is 25.0. The fraction of sp³-hybridized carbons (Fsp3) is 0.789. The maximum Gasteiger partial charge on any atom is 0.315 e. The van der Waals surface area contributed by atoms with E-state index in [1.165, 1.54) is 6.08 Å². The fourth-order valence-electron chi connectivity index (χ4n) is 7.89. The first-order valence-electron chi connectivity index (χ1n) is 18.7. The average Bonchev–Trinajstić information content (AvgIpc) is 3.31. The Morgan fingerprint density at radius 1 is 0.960 bits per heavy atom. The highest BCUT2D eigenvalue weighted by Gasteiger charge is 2.70. The lowest BCUT2D eigenvalue weighted by Gasteiger charge is -2.40. The Labute approximate surface area is 298 Å². The first kappa shape index (κ1) is 39.3. The molecule has 6 atom stereocenters. The minimum absolute atomic E-state index is 0.0830. The molecule has 2 aliphatic carbocycles. The Bertz CT molecular complexity index is 1330. The van der Waals surface area contributed by atoms with Crippen molar-refractivity contribution in [2.75, 3.05) is 26.2 Å². The van der Waals surface area contributed by atoms with Crippen molar-refractivity contribution in [1.82, 2.24) is 31.1 Å². The first-order valence-corrected chi connectivity index (χ1v) is 18.7. The Morgan fingerprint density at radius 2 is 1.64 bits per heavy atom. The summed E-state index contributed by atoms with van der Waals surface area (Å²) in [6.07, 6.45) is 8.15. The van der Waals surface area contributed by atoms with Crippen molar-refractivity contribution >= 4 is 35.4 Å². The van der Waals surface area contributed by atoms with Crippen molar-refractivity contribution in [1.29, 1.82) is 0 Å². The molecule has 0 radical (unpaired) electrons. The number of amides is 6. The van der Waals surface area contributed by atoms with Gasteiger partial charge in [-0.15, -0.1) is 6.58 Å². The van der Waals surface area contributed by atoms with Gasteiger partial charge in [-0.05, 0) is 59.7 Å². The number of hydrogen-bond donors (Lipinski definition) is 4. The van der Waals surface area contributed by atoms with Gasteiger partial charge in [0.05, 0.1) is 12.1 Å². The summed E-state index contributed by atoms with van der Waals surface area (Å²) < 4.78 is 0. The predicted octanol–water partition coefficient (Wildman–Crippen LogP) is 3.55. The van der Waals surface area contributed by atoms with E-state index in [0.29, 0.717) is 38.4 Å². The van der Waals surface area contributed by atoms with Crippen LogP contribution in [-0.2, 0) is 24.0 Å². The summed E-state index contributed by atoms with van der Waals surface area (Å²) in [7, 11) is 0. The number of ketones is 1. The van der Waals surface area contributed by atoms with Crippen molar-refractivity contribution in [3.63, 3.8) is 0 Å².